The van der Waals surface area contributed by atoms with Gasteiger partial charge in [0.25, 0.3) is 0 Å². The van der Waals surface area contributed by atoms with E-state index in [0.29, 0.717) is 23.0 Å². The molecule has 160 valence electrons. The van der Waals surface area contributed by atoms with Crippen molar-refractivity contribution in [2.45, 2.75) is 24.0 Å². The van der Waals surface area contributed by atoms with Gasteiger partial charge in [-0.15, -0.1) is 0 Å². The van der Waals surface area contributed by atoms with Crippen LogP contribution in [0.2, 0.25) is 5.02 Å². The fourth-order valence-corrected chi connectivity index (χ4v) is 3.96. The minimum absolute atomic E-state index is 0.0335. The molecule has 0 saturated heterocycles. The third-order valence-corrected chi connectivity index (χ3v) is 6.53. The van der Waals surface area contributed by atoms with E-state index in [1.165, 1.54) is 23.3 Å². The van der Waals surface area contributed by atoms with Crippen LogP contribution in [0, 0.1) is 0 Å². The number of nitrogens with two attached hydrogens (primary N) is 1. The first-order valence-corrected chi connectivity index (χ1v) is 11.7. The predicted octanol–water partition coefficient (Wildman–Crippen LogP) is 4.02. The number of rotatable bonds is 4. The summed E-state index contributed by atoms with van der Waals surface area (Å²) in [5, 5.41) is 16.4. The lowest BCUT2D eigenvalue weighted by atomic mass is 9.95. The zero-order chi connectivity index (χ0) is 22.2. The second kappa shape index (κ2) is 8.09. The van der Waals surface area contributed by atoms with Gasteiger partial charge in [0.1, 0.15) is 5.84 Å². The van der Waals surface area contributed by atoms with E-state index in [1.807, 2.05) is 24.0 Å². The van der Waals surface area contributed by atoms with Crippen molar-refractivity contribution in [3.63, 3.8) is 0 Å². The number of halogens is 1. The molecule has 3 aliphatic rings. The Morgan fingerprint density at radius 3 is 1.90 bits per heavy atom. The first-order chi connectivity index (χ1) is 14.7. The van der Waals surface area contributed by atoms with Gasteiger partial charge in [-0.1, -0.05) is 42.8 Å². The normalized spacial score (nSPS) is 18.8. The summed E-state index contributed by atoms with van der Waals surface area (Å²) in [5.41, 5.74) is 3.17. The maximum atomic E-state index is 11.4. The summed E-state index contributed by atoms with van der Waals surface area (Å²) >= 11 is 5.94. The maximum Gasteiger partial charge on any atom is 0.238 e. The highest BCUT2D eigenvalue weighted by Gasteiger charge is 2.37. The number of sulfonamides is 1. The molecule has 0 saturated carbocycles. The first-order valence-electron chi connectivity index (χ1n) is 9.77. The van der Waals surface area contributed by atoms with E-state index in [-0.39, 0.29) is 11.4 Å². The van der Waals surface area contributed by atoms with Gasteiger partial charge >= 0.3 is 0 Å². The molecular weight excluding hydrogens is 434 g/mol. The Morgan fingerprint density at radius 2 is 1.48 bits per heavy atom. The fraction of sp³-hybridized carbons (Fsp3) is 0.174. The summed E-state index contributed by atoms with van der Waals surface area (Å²) in [6.45, 7) is 2.13. The van der Waals surface area contributed by atoms with E-state index in [1.54, 1.807) is 24.3 Å². The van der Waals surface area contributed by atoms with Gasteiger partial charge in [-0.2, -0.15) is 0 Å². The summed E-state index contributed by atoms with van der Waals surface area (Å²) in [6.07, 6.45) is 0.454. The molecule has 1 unspecified atom stereocenters. The van der Waals surface area contributed by atoms with Crippen molar-refractivity contribution in [2.24, 2.45) is 10.1 Å². The van der Waals surface area contributed by atoms with Crippen molar-refractivity contribution in [2.75, 3.05) is 11.4 Å². The van der Waals surface area contributed by atoms with Gasteiger partial charge in [0.05, 0.1) is 11.4 Å². The van der Waals surface area contributed by atoms with Crippen LogP contribution in [-0.2, 0) is 10.0 Å². The molecule has 0 fully saturated rings. The molecule has 0 bridgehead atoms. The standard InChI is InChI=1S/C17H18ClN3O3S.C6H4/c1-2-17(22)11-21(14-7-9-15(10-8-14)25(19,23)24)16(20-17)12-3-5-13(18)6-4-12;1-2-6-4-3-5(1)6/h3-10,22H,2,11H2,1H3,(H2,19,23,24);1-4H. The molecular formula is C23H22ClN3O3S. The molecule has 0 aromatic heterocycles. The molecule has 3 N–H and O–H groups in total. The Bertz CT molecular complexity index is 1200. The Labute approximate surface area is 186 Å². The Kier molecular flexibility index (Phi) is 5.61. The van der Waals surface area contributed by atoms with E-state index in [4.69, 9.17) is 16.7 Å². The average molecular weight is 456 g/mol. The molecule has 1 atom stereocenters. The van der Waals surface area contributed by atoms with Crippen molar-refractivity contribution < 1.29 is 13.5 Å². The number of nitrogens with zero attached hydrogens (tertiary/aromatic N) is 2. The molecule has 31 heavy (non-hydrogen) atoms. The van der Waals surface area contributed by atoms with Gasteiger partial charge < -0.3 is 10.0 Å². The highest BCUT2D eigenvalue weighted by Crippen LogP contribution is 2.31. The number of hydrogen-bond acceptors (Lipinski definition) is 5. The van der Waals surface area contributed by atoms with E-state index >= 15 is 0 Å². The lowest BCUT2D eigenvalue weighted by molar-refractivity contribution is 0.0633. The fourth-order valence-electron chi connectivity index (χ4n) is 3.32. The Hall–Kier alpha value is -2.71. The van der Waals surface area contributed by atoms with Crippen molar-refractivity contribution in [1.29, 1.82) is 0 Å². The van der Waals surface area contributed by atoms with E-state index < -0.39 is 15.7 Å². The van der Waals surface area contributed by atoms with Crippen molar-refractivity contribution >= 4 is 33.1 Å². The van der Waals surface area contributed by atoms with Gasteiger partial charge in [0, 0.05) is 16.3 Å². The van der Waals surface area contributed by atoms with Gasteiger partial charge in [-0.25, -0.2) is 18.5 Å². The van der Waals surface area contributed by atoms with Crippen LogP contribution in [0.3, 0.4) is 0 Å². The van der Waals surface area contributed by atoms with Gasteiger partial charge in [-0.05, 0) is 66.1 Å². The number of amidine groups is 1. The molecule has 0 spiro atoms. The molecule has 1 heterocycles. The maximum absolute atomic E-state index is 11.4. The molecule has 0 radical (unpaired) electrons. The molecule has 2 aromatic rings. The third kappa shape index (κ3) is 4.50. The van der Waals surface area contributed by atoms with Crippen LogP contribution in [0.5, 0.6) is 0 Å². The second-order valence-corrected chi connectivity index (χ2v) is 9.48. The van der Waals surface area contributed by atoms with Crippen molar-refractivity contribution in [3.05, 3.63) is 83.4 Å². The summed E-state index contributed by atoms with van der Waals surface area (Å²) < 4.78 is 22.8. The van der Waals surface area contributed by atoms with Crippen LogP contribution in [0.4, 0.5) is 5.69 Å². The molecule has 8 heteroatoms. The second-order valence-electron chi connectivity index (χ2n) is 7.48. The topological polar surface area (TPSA) is 96.0 Å². The highest BCUT2D eigenvalue weighted by atomic mass is 35.5. The Balaban J connectivity index is 0.000000325. The van der Waals surface area contributed by atoms with Crippen molar-refractivity contribution in [3.8, 4) is 11.1 Å². The molecule has 2 aliphatic carbocycles. The lowest BCUT2D eigenvalue weighted by Gasteiger charge is -2.23. The lowest BCUT2D eigenvalue weighted by Crippen LogP contribution is -2.35. The van der Waals surface area contributed by atoms with Crippen LogP contribution in [0.1, 0.15) is 18.9 Å². The minimum atomic E-state index is -3.75. The van der Waals surface area contributed by atoms with E-state index in [2.05, 4.69) is 29.3 Å². The number of β-amino-alcohol motifs (C(OH)–C–C–N with tert-alkyl or cyclic N) is 1. The monoisotopic (exact) mass is 455 g/mol. The zero-order valence-corrected chi connectivity index (χ0v) is 18.4. The summed E-state index contributed by atoms with van der Waals surface area (Å²) in [6, 6.07) is 21.8. The minimum Gasteiger partial charge on any atom is -0.368 e. The summed E-state index contributed by atoms with van der Waals surface area (Å²) in [4.78, 5) is 6.36. The summed E-state index contributed by atoms with van der Waals surface area (Å²) in [7, 11) is -3.75. The number of primary sulfonamides is 1. The largest absolute Gasteiger partial charge is 0.368 e. The van der Waals surface area contributed by atoms with Crippen LogP contribution >= 0.6 is 11.6 Å². The van der Waals surface area contributed by atoms with Gasteiger partial charge in [0.2, 0.25) is 10.0 Å². The van der Waals surface area contributed by atoms with Crippen LogP contribution in [0.15, 0.2) is 82.7 Å². The summed E-state index contributed by atoms with van der Waals surface area (Å²) in [5.74, 6) is 0.601. The quantitative estimate of drug-likeness (QED) is 0.485. The van der Waals surface area contributed by atoms with Crippen molar-refractivity contribution in [1.82, 2.24) is 0 Å². The molecule has 0 amide bonds. The van der Waals surface area contributed by atoms with E-state index in [9.17, 15) is 13.5 Å². The zero-order valence-electron chi connectivity index (χ0n) is 16.9. The molecule has 6 nitrogen and oxygen atoms in total. The van der Waals surface area contributed by atoms with Crippen LogP contribution < -0.4 is 10.0 Å². The number of fused-ring (bicyclic) bond motifs is 1. The number of anilines is 1. The van der Waals surface area contributed by atoms with Gasteiger partial charge in [-0.3, -0.25) is 0 Å². The molecule has 5 rings (SSSR count). The molecule has 1 aliphatic heterocycles. The third-order valence-electron chi connectivity index (χ3n) is 5.34. The number of benzene rings is 3. The average Bonchev–Trinajstić information content (AvgIpc) is 3.09. The Morgan fingerprint density at radius 1 is 0.968 bits per heavy atom. The van der Waals surface area contributed by atoms with Crippen LogP contribution in [0.25, 0.3) is 11.1 Å². The predicted molar refractivity (Wildman–Crippen MR) is 124 cm³/mol. The first kappa shape index (κ1) is 21.5. The number of hydrogen-bond donors (Lipinski definition) is 2. The van der Waals surface area contributed by atoms with Crippen LogP contribution in [-0.4, -0.2) is 31.6 Å². The number of aliphatic imine (C=N–C) groups is 1. The number of aliphatic hydroxyl groups is 1. The molecule has 2 aromatic carbocycles. The smallest absolute Gasteiger partial charge is 0.238 e. The highest BCUT2D eigenvalue weighted by molar-refractivity contribution is 7.89. The van der Waals surface area contributed by atoms with Gasteiger partial charge in [0.15, 0.2) is 5.72 Å². The SMILES string of the molecule is CCC1(O)CN(c2ccc(S(N)(=O)=O)cc2)C(c2ccc(Cl)cc2)=N1.c1cc2ccc1-2. The van der Waals surface area contributed by atoms with E-state index in [0.717, 1.165) is 5.56 Å².